The fraction of sp³-hybridized carbons (Fsp3) is 0.143. The molecule has 124 valence electrons. The van der Waals surface area contributed by atoms with Gasteiger partial charge in [0.1, 0.15) is 5.75 Å². The summed E-state index contributed by atoms with van der Waals surface area (Å²) in [6.07, 6.45) is 2.76. The lowest BCUT2D eigenvalue weighted by Crippen LogP contribution is -2.03. The molecule has 1 heterocycles. The van der Waals surface area contributed by atoms with E-state index in [-0.39, 0.29) is 5.78 Å². The highest BCUT2D eigenvalue weighted by Gasteiger charge is 2.26. The Kier molecular flexibility index (Phi) is 4.20. The van der Waals surface area contributed by atoms with E-state index in [0.717, 1.165) is 28.3 Å². The van der Waals surface area contributed by atoms with Crippen LogP contribution in [0.2, 0.25) is 0 Å². The number of carbonyl (C=O) groups is 1. The summed E-state index contributed by atoms with van der Waals surface area (Å²) in [4.78, 5) is 18.1. The molecule has 1 aliphatic carbocycles. The highest BCUT2D eigenvalue weighted by molar-refractivity contribution is 7.09. The zero-order valence-corrected chi connectivity index (χ0v) is 14.7. The fourth-order valence-corrected chi connectivity index (χ4v) is 3.58. The van der Waals surface area contributed by atoms with Gasteiger partial charge in [-0.05, 0) is 36.3 Å². The molecule has 3 nitrogen and oxygen atoms in total. The third-order valence-electron chi connectivity index (χ3n) is 4.32. The second kappa shape index (κ2) is 6.65. The molecular weight excluding hydrogens is 330 g/mol. The molecular formula is C21H17NO2S. The van der Waals surface area contributed by atoms with Gasteiger partial charge in [0.05, 0.1) is 17.8 Å². The Balaban J connectivity index is 1.48. The normalized spacial score (nSPS) is 12.8. The number of hydrogen-bond acceptors (Lipinski definition) is 4. The molecule has 1 aliphatic rings. The second-order valence-corrected chi connectivity index (χ2v) is 7.04. The monoisotopic (exact) mass is 347 g/mol. The Morgan fingerprint density at radius 2 is 1.96 bits per heavy atom. The number of ketones is 1. The molecule has 0 saturated heterocycles. The van der Waals surface area contributed by atoms with Gasteiger partial charge in [-0.25, -0.2) is 4.98 Å². The van der Waals surface area contributed by atoms with Crippen molar-refractivity contribution in [2.45, 2.75) is 13.3 Å². The Labute approximate surface area is 150 Å². The van der Waals surface area contributed by atoms with E-state index in [4.69, 9.17) is 4.74 Å². The predicted octanol–water partition coefficient (Wildman–Crippen LogP) is 4.81. The standard InChI is InChI=1S/C21H17NO2S/c1-14-20(22-13-25-14)19-11-16-7-8-17(12-18(16)21(19)23)24-10-9-15-5-3-2-4-6-15/h2-8,11-13H,9-10H2,1H3. The fourth-order valence-electron chi connectivity index (χ4n) is 2.99. The smallest absolute Gasteiger partial charge is 0.195 e. The van der Waals surface area contributed by atoms with E-state index < -0.39 is 0 Å². The van der Waals surface area contributed by atoms with E-state index in [9.17, 15) is 4.79 Å². The minimum atomic E-state index is 0.0255. The number of nitrogens with zero attached hydrogens (tertiary/aromatic N) is 1. The second-order valence-electron chi connectivity index (χ2n) is 5.98. The molecule has 25 heavy (non-hydrogen) atoms. The molecule has 0 aliphatic heterocycles. The third kappa shape index (κ3) is 3.13. The van der Waals surface area contributed by atoms with Crippen LogP contribution in [0.3, 0.4) is 0 Å². The summed E-state index contributed by atoms with van der Waals surface area (Å²) < 4.78 is 5.84. The first kappa shape index (κ1) is 15.8. The highest BCUT2D eigenvalue weighted by Crippen LogP contribution is 2.35. The van der Waals surface area contributed by atoms with E-state index in [1.165, 1.54) is 5.56 Å². The van der Waals surface area contributed by atoms with Gasteiger partial charge in [-0.3, -0.25) is 4.79 Å². The number of fused-ring (bicyclic) bond motifs is 1. The number of hydrogen-bond donors (Lipinski definition) is 0. The van der Waals surface area contributed by atoms with Crippen LogP contribution in [0.4, 0.5) is 0 Å². The van der Waals surface area contributed by atoms with E-state index in [1.807, 2.05) is 49.4 Å². The molecule has 0 fully saturated rings. The topological polar surface area (TPSA) is 39.2 Å². The van der Waals surface area contributed by atoms with E-state index >= 15 is 0 Å². The van der Waals surface area contributed by atoms with Gasteiger partial charge >= 0.3 is 0 Å². The molecule has 3 aromatic rings. The van der Waals surface area contributed by atoms with Crippen LogP contribution in [0.5, 0.6) is 5.75 Å². The molecule has 0 N–H and O–H groups in total. The molecule has 0 spiro atoms. The van der Waals surface area contributed by atoms with Crippen LogP contribution in [0.25, 0.3) is 11.6 Å². The molecule has 0 bridgehead atoms. The van der Waals surface area contributed by atoms with E-state index in [0.29, 0.717) is 17.7 Å². The number of carbonyl (C=O) groups excluding carboxylic acids is 1. The first-order valence-corrected chi connectivity index (χ1v) is 9.08. The van der Waals surface area contributed by atoms with Crippen molar-refractivity contribution < 1.29 is 9.53 Å². The van der Waals surface area contributed by atoms with Crippen molar-refractivity contribution in [3.05, 3.63) is 81.3 Å². The van der Waals surface area contributed by atoms with Crippen molar-refractivity contribution in [3.8, 4) is 5.75 Å². The third-order valence-corrected chi connectivity index (χ3v) is 5.07. The summed E-state index contributed by atoms with van der Waals surface area (Å²) in [6.45, 7) is 2.57. The summed E-state index contributed by atoms with van der Waals surface area (Å²) in [6, 6.07) is 15.9. The van der Waals surface area contributed by atoms with Gasteiger partial charge in [0.15, 0.2) is 5.78 Å². The van der Waals surface area contributed by atoms with Gasteiger partial charge in [0.2, 0.25) is 0 Å². The maximum absolute atomic E-state index is 12.7. The molecule has 0 atom stereocenters. The van der Waals surface area contributed by atoms with Gasteiger partial charge in [-0.1, -0.05) is 36.4 Å². The SMILES string of the molecule is Cc1scnc1C1=Cc2ccc(OCCc3ccccc3)cc2C1=O. The molecule has 4 rings (SSSR count). The summed E-state index contributed by atoms with van der Waals surface area (Å²) in [7, 11) is 0. The zero-order chi connectivity index (χ0) is 17.2. The average molecular weight is 347 g/mol. The van der Waals surface area contributed by atoms with Gasteiger partial charge in [0, 0.05) is 22.4 Å². The van der Waals surface area contributed by atoms with Crippen molar-refractivity contribution in [1.29, 1.82) is 0 Å². The molecule has 0 unspecified atom stereocenters. The number of benzene rings is 2. The molecule has 0 radical (unpaired) electrons. The van der Waals surface area contributed by atoms with Crippen LogP contribution in [-0.4, -0.2) is 17.4 Å². The van der Waals surface area contributed by atoms with Crippen LogP contribution >= 0.6 is 11.3 Å². The van der Waals surface area contributed by atoms with E-state index in [2.05, 4.69) is 17.1 Å². The largest absolute Gasteiger partial charge is 0.493 e. The summed E-state index contributed by atoms with van der Waals surface area (Å²) >= 11 is 1.56. The molecule has 1 aromatic heterocycles. The van der Waals surface area contributed by atoms with Crippen molar-refractivity contribution in [2.75, 3.05) is 6.61 Å². The van der Waals surface area contributed by atoms with Crippen molar-refractivity contribution in [1.82, 2.24) is 4.98 Å². The first-order valence-electron chi connectivity index (χ1n) is 8.20. The lowest BCUT2D eigenvalue weighted by Gasteiger charge is -2.08. The average Bonchev–Trinajstić information content (AvgIpc) is 3.19. The zero-order valence-electron chi connectivity index (χ0n) is 13.9. The van der Waals surface area contributed by atoms with Gasteiger partial charge in [-0.15, -0.1) is 11.3 Å². The van der Waals surface area contributed by atoms with Crippen molar-refractivity contribution in [3.63, 3.8) is 0 Å². The maximum atomic E-state index is 12.7. The number of aromatic nitrogens is 1. The Hall–Kier alpha value is -2.72. The number of aryl methyl sites for hydroxylation is 1. The van der Waals surface area contributed by atoms with Gasteiger partial charge < -0.3 is 4.74 Å². The molecule has 2 aromatic carbocycles. The Morgan fingerprint density at radius 3 is 2.72 bits per heavy atom. The van der Waals surface area contributed by atoms with Crippen LogP contribution in [-0.2, 0) is 6.42 Å². The lowest BCUT2D eigenvalue weighted by atomic mass is 10.1. The highest BCUT2D eigenvalue weighted by atomic mass is 32.1. The summed E-state index contributed by atoms with van der Waals surface area (Å²) in [5.41, 5.74) is 6.11. The van der Waals surface area contributed by atoms with E-state index in [1.54, 1.807) is 16.8 Å². The predicted molar refractivity (Wildman–Crippen MR) is 101 cm³/mol. The molecule has 0 amide bonds. The number of allylic oxidation sites excluding steroid dienone is 1. The minimum Gasteiger partial charge on any atom is -0.493 e. The minimum absolute atomic E-state index is 0.0255. The summed E-state index contributed by atoms with van der Waals surface area (Å²) in [5, 5.41) is 0. The van der Waals surface area contributed by atoms with Crippen molar-refractivity contribution >= 4 is 28.8 Å². The van der Waals surface area contributed by atoms with Crippen molar-refractivity contribution in [2.24, 2.45) is 0 Å². The number of Topliss-reactive ketones (excluding diaryl/α,β-unsaturated/α-hetero) is 1. The number of thiazole rings is 1. The quantitative estimate of drug-likeness (QED) is 0.665. The summed E-state index contributed by atoms with van der Waals surface area (Å²) in [5.74, 6) is 0.755. The van der Waals surface area contributed by atoms with Crippen LogP contribution in [0.15, 0.2) is 54.0 Å². The Morgan fingerprint density at radius 1 is 1.12 bits per heavy atom. The lowest BCUT2D eigenvalue weighted by molar-refractivity contribution is 0.105. The van der Waals surface area contributed by atoms with Gasteiger partial charge in [0.25, 0.3) is 0 Å². The first-order chi connectivity index (χ1) is 12.2. The Bertz CT molecular complexity index is 957. The van der Waals surface area contributed by atoms with Crippen LogP contribution in [0.1, 0.15) is 32.1 Å². The molecule has 4 heteroatoms. The van der Waals surface area contributed by atoms with Crippen LogP contribution in [0, 0.1) is 6.92 Å². The maximum Gasteiger partial charge on any atom is 0.195 e. The van der Waals surface area contributed by atoms with Gasteiger partial charge in [-0.2, -0.15) is 0 Å². The number of rotatable bonds is 5. The number of ether oxygens (including phenoxy) is 1. The van der Waals surface area contributed by atoms with Crippen LogP contribution < -0.4 is 4.74 Å². The molecule has 0 saturated carbocycles.